The number of hydrogen-bond acceptors (Lipinski definition) is 2. The quantitative estimate of drug-likeness (QED) is 0.878. The maximum Gasteiger partial charge on any atom is 0.310 e. The Kier molecular flexibility index (Phi) is 3.53. The molecule has 6 heteroatoms. The Labute approximate surface area is 115 Å². The van der Waals surface area contributed by atoms with E-state index in [4.69, 9.17) is 5.11 Å². The van der Waals surface area contributed by atoms with Crippen LogP contribution in [0.3, 0.4) is 0 Å². The average Bonchev–Trinajstić information content (AvgIpc) is 2.18. The summed E-state index contributed by atoms with van der Waals surface area (Å²) in [4.78, 5) is 24.2. The standard InChI is InChI=1S/C11H9Br2NO3/c12-7-1-2-9(13)8(3-7)10(15)14-4-6(5-14)11(16)17/h1-3,6H,4-5H2,(H,16,17). The first kappa shape index (κ1) is 12.6. The second-order valence-corrected chi connectivity index (χ2v) is 5.64. The molecule has 0 atom stereocenters. The number of nitrogens with zero attached hydrogens (tertiary/aromatic N) is 1. The number of likely N-dealkylation sites (tertiary alicyclic amines) is 1. The van der Waals surface area contributed by atoms with Crippen LogP contribution in [0.2, 0.25) is 0 Å². The zero-order valence-corrected chi connectivity index (χ0v) is 11.9. The Morgan fingerprint density at radius 1 is 1.29 bits per heavy atom. The summed E-state index contributed by atoms with van der Waals surface area (Å²) in [6, 6.07) is 5.34. The molecular weight excluding hydrogens is 354 g/mol. The molecule has 1 aliphatic rings. The van der Waals surface area contributed by atoms with Crippen LogP contribution >= 0.6 is 31.9 Å². The number of carbonyl (C=O) groups excluding carboxylic acids is 1. The van der Waals surface area contributed by atoms with Crippen LogP contribution in [0.4, 0.5) is 0 Å². The van der Waals surface area contributed by atoms with Crippen LogP contribution in [0.15, 0.2) is 27.1 Å². The van der Waals surface area contributed by atoms with Gasteiger partial charge in [0.15, 0.2) is 0 Å². The summed E-state index contributed by atoms with van der Waals surface area (Å²) in [7, 11) is 0. The third-order valence-corrected chi connectivity index (χ3v) is 3.86. The van der Waals surface area contributed by atoms with E-state index in [2.05, 4.69) is 31.9 Å². The zero-order valence-electron chi connectivity index (χ0n) is 8.69. The molecule has 0 spiro atoms. The minimum absolute atomic E-state index is 0.143. The Morgan fingerprint density at radius 3 is 2.53 bits per heavy atom. The van der Waals surface area contributed by atoms with Gasteiger partial charge in [-0.05, 0) is 34.1 Å². The second kappa shape index (κ2) is 4.78. The van der Waals surface area contributed by atoms with Crippen molar-refractivity contribution in [2.45, 2.75) is 0 Å². The number of benzene rings is 1. The van der Waals surface area contributed by atoms with Gasteiger partial charge in [0.1, 0.15) is 0 Å². The highest BCUT2D eigenvalue weighted by molar-refractivity contribution is 9.11. The maximum absolute atomic E-state index is 12.1. The Morgan fingerprint density at radius 2 is 1.94 bits per heavy atom. The molecule has 1 aromatic rings. The molecular formula is C11H9Br2NO3. The number of carbonyl (C=O) groups is 2. The van der Waals surface area contributed by atoms with Crippen molar-refractivity contribution in [1.82, 2.24) is 4.90 Å². The summed E-state index contributed by atoms with van der Waals surface area (Å²) < 4.78 is 1.53. The summed E-state index contributed by atoms with van der Waals surface area (Å²) in [6.45, 7) is 0.570. The van der Waals surface area contributed by atoms with E-state index in [0.29, 0.717) is 10.0 Å². The predicted molar refractivity (Wildman–Crippen MR) is 68.9 cm³/mol. The molecule has 1 saturated heterocycles. The molecule has 1 fully saturated rings. The summed E-state index contributed by atoms with van der Waals surface area (Å²) in [5.41, 5.74) is 0.545. The van der Waals surface area contributed by atoms with Gasteiger partial charge in [-0.15, -0.1) is 0 Å². The van der Waals surface area contributed by atoms with E-state index in [1.54, 1.807) is 12.1 Å². The SMILES string of the molecule is O=C(O)C1CN(C(=O)c2cc(Br)ccc2Br)C1. The Balaban J connectivity index is 2.11. The number of carboxylic acid groups (broad SMARTS) is 1. The fourth-order valence-electron chi connectivity index (χ4n) is 1.63. The van der Waals surface area contributed by atoms with Gasteiger partial charge in [-0.25, -0.2) is 0 Å². The topological polar surface area (TPSA) is 57.6 Å². The minimum atomic E-state index is -0.845. The van der Waals surface area contributed by atoms with Gasteiger partial charge in [0.25, 0.3) is 5.91 Å². The number of carboxylic acids is 1. The molecule has 0 aliphatic carbocycles. The van der Waals surface area contributed by atoms with Crippen LogP contribution in [-0.2, 0) is 4.79 Å². The highest BCUT2D eigenvalue weighted by Gasteiger charge is 2.36. The summed E-state index contributed by atoms with van der Waals surface area (Å²) in [5.74, 6) is -1.41. The predicted octanol–water partition coefficient (Wildman–Crippen LogP) is 2.37. The average molecular weight is 363 g/mol. The van der Waals surface area contributed by atoms with E-state index >= 15 is 0 Å². The van der Waals surface area contributed by atoms with E-state index in [1.807, 2.05) is 6.07 Å². The molecule has 4 nitrogen and oxygen atoms in total. The first-order valence-corrected chi connectivity index (χ1v) is 6.55. The molecule has 1 aromatic carbocycles. The normalized spacial score (nSPS) is 15.5. The lowest BCUT2D eigenvalue weighted by Gasteiger charge is -2.36. The van der Waals surface area contributed by atoms with Crippen molar-refractivity contribution in [3.63, 3.8) is 0 Å². The summed E-state index contributed by atoms with van der Waals surface area (Å²) >= 11 is 6.62. The highest BCUT2D eigenvalue weighted by Crippen LogP contribution is 2.26. The number of amides is 1. The van der Waals surface area contributed by atoms with Crippen LogP contribution in [0.25, 0.3) is 0 Å². The fraction of sp³-hybridized carbons (Fsp3) is 0.273. The number of aliphatic carboxylic acids is 1. The third kappa shape index (κ3) is 2.52. The van der Waals surface area contributed by atoms with Crippen LogP contribution in [0.1, 0.15) is 10.4 Å². The van der Waals surface area contributed by atoms with Crippen molar-refractivity contribution in [2.75, 3.05) is 13.1 Å². The van der Waals surface area contributed by atoms with Crippen molar-refractivity contribution < 1.29 is 14.7 Å². The van der Waals surface area contributed by atoms with E-state index in [9.17, 15) is 9.59 Å². The molecule has 1 aliphatic heterocycles. The molecule has 0 bridgehead atoms. The van der Waals surface area contributed by atoms with Crippen LogP contribution in [0, 0.1) is 5.92 Å². The molecule has 17 heavy (non-hydrogen) atoms. The van der Waals surface area contributed by atoms with Crippen LogP contribution in [-0.4, -0.2) is 35.0 Å². The van der Waals surface area contributed by atoms with E-state index in [0.717, 1.165) is 4.47 Å². The Bertz CT molecular complexity index is 484. The molecule has 1 amide bonds. The minimum Gasteiger partial charge on any atom is -0.481 e. The van der Waals surface area contributed by atoms with Gasteiger partial charge in [-0.1, -0.05) is 15.9 Å². The molecule has 0 aromatic heterocycles. The van der Waals surface area contributed by atoms with Crippen molar-refractivity contribution in [3.8, 4) is 0 Å². The summed E-state index contributed by atoms with van der Waals surface area (Å²) in [5, 5.41) is 8.75. The van der Waals surface area contributed by atoms with Crippen LogP contribution in [0.5, 0.6) is 0 Å². The van der Waals surface area contributed by atoms with Crippen LogP contribution < -0.4 is 0 Å². The van der Waals surface area contributed by atoms with E-state index < -0.39 is 11.9 Å². The smallest absolute Gasteiger partial charge is 0.310 e. The van der Waals surface area contributed by atoms with Crippen molar-refractivity contribution in [3.05, 3.63) is 32.7 Å². The highest BCUT2D eigenvalue weighted by atomic mass is 79.9. The van der Waals surface area contributed by atoms with Gasteiger partial charge in [-0.3, -0.25) is 9.59 Å². The second-order valence-electron chi connectivity index (χ2n) is 3.87. The monoisotopic (exact) mass is 361 g/mol. The van der Waals surface area contributed by atoms with Gasteiger partial charge < -0.3 is 10.0 Å². The molecule has 0 radical (unpaired) electrons. The van der Waals surface area contributed by atoms with E-state index in [1.165, 1.54) is 4.90 Å². The summed E-state index contributed by atoms with van der Waals surface area (Å²) in [6.07, 6.45) is 0. The molecule has 1 heterocycles. The molecule has 0 unspecified atom stereocenters. The van der Waals surface area contributed by atoms with Gasteiger partial charge in [0.05, 0.1) is 11.5 Å². The fourth-order valence-corrected chi connectivity index (χ4v) is 2.41. The lowest BCUT2D eigenvalue weighted by Crippen LogP contribution is -2.53. The van der Waals surface area contributed by atoms with Gasteiger partial charge >= 0.3 is 5.97 Å². The van der Waals surface area contributed by atoms with Crippen molar-refractivity contribution in [1.29, 1.82) is 0 Å². The van der Waals surface area contributed by atoms with E-state index in [-0.39, 0.29) is 19.0 Å². The lowest BCUT2D eigenvalue weighted by atomic mass is 9.99. The van der Waals surface area contributed by atoms with Gasteiger partial charge in [0.2, 0.25) is 0 Å². The number of rotatable bonds is 2. The van der Waals surface area contributed by atoms with Gasteiger partial charge in [-0.2, -0.15) is 0 Å². The Hall–Kier alpha value is -0.880. The molecule has 90 valence electrons. The van der Waals surface area contributed by atoms with Gasteiger partial charge in [0, 0.05) is 22.0 Å². The number of halogens is 2. The molecule has 0 saturated carbocycles. The first-order valence-electron chi connectivity index (χ1n) is 4.96. The largest absolute Gasteiger partial charge is 0.481 e. The first-order chi connectivity index (χ1) is 7.99. The third-order valence-electron chi connectivity index (χ3n) is 2.68. The lowest BCUT2D eigenvalue weighted by molar-refractivity contribution is -0.146. The molecule has 1 N–H and O–H groups in total. The van der Waals surface area contributed by atoms with Crippen molar-refractivity contribution >= 4 is 43.7 Å². The maximum atomic E-state index is 12.1. The van der Waals surface area contributed by atoms with Crippen molar-refractivity contribution in [2.24, 2.45) is 5.92 Å². The molecule has 2 rings (SSSR count). The number of hydrogen-bond donors (Lipinski definition) is 1. The zero-order chi connectivity index (χ0) is 12.6.